The van der Waals surface area contributed by atoms with Crippen molar-refractivity contribution in [1.29, 1.82) is 0 Å². The van der Waals surface area contributed by atoms with Crippen molar-refractivity contribution < 1.29 is 19.0 Å². The Hall–Kier alpha value is -1.75. The topological polar surface area (TPSA) is 94.6 Å². The van der Waals surface area contributed by atoms with E-state index < -0.39 is 0 Å². The molecule has 8 nitrogen and oxygen atoms in total. The van der Waals surface area contributed by atoms with Crippen molar-refractivity contribution in [1.82, 2.24) is 10.2 Å². The van der Waals surface area contributed by atoms with Crippen LogP contribution in [0.2, 0.25) is 5.02 Å². The van der Waals surface area contributed by atoms with Crippen molar-refractivity contribution in [3.05, 3.63) is 17.2 Å². The molecule has 2 N–H and O–H groups in total. The molecule has 28 heavy (non-hydrogen) atoms. The van der Waals surface area contributed by atoms with Gasteiger partial charge >= 0.3 is 0 Å². The Morgan fingerprint density at radius 3 is 2.89 bits per heavy atom. The van der Waals surface area contributed by atoms with Crippen LogP contribution in [0.1, 0.15) is 12.8 Å². The molecule has 1 saturated heterocycles. The van der Waals surface area contributed by atoms with E-state index in [2.05, 4.69) is 20.8 Å². The van der Waals surface area contributed by atoms with Gasteiger partial charge in [0.1, 0.15) is 11.5 Å². The predicted molar refractivity (Wildman–Crippen MR) is 111 cm³/mol. The molecule has 1 fully saturated rings. The van der Waals surface area contributed by atoms with Gasteiger partial charge in [-0.3, -0.25) is 4.79 Å². The van der Waals surface area contributed by atoms with Crippen LogP contribution in [0, 0.1) is 0 Å². The maximum atomic E-state index is 12.3. The highest BCUT2D eigenvalue weighted by Gasteiger charge is 2.17. The highest BCUT2D eigenvalue weighted by molar-refractivity contribution is 8.01. The maximum Gasteiger partial charge on any atom is 0.234 e. The van der Waals surface area contributed by atoms with Gasteiger partial charge in [0.05, 0.1) is 36.8 Å². The van der Waals surface area contributed by atoms with Gasteiger partial charge in [-0.2, -0.15) is 0 Å². The van der Waals surface area contributed by atoms with E-state index in [1.165, 1.54) is 37.3 Å². The van der Waals surface area contributed by atoms with Crippen molar-refractivity contribution in [3.8, 4) is 11.5 Å². The van der Waals surface area contributed by atoms with Crippen LogP contribution in [0.15, 0.2) is 16.5 Å². The molecule has 1 aliphatic rings. The summed E-state index contributed by atoms with van der Waals surface area (Å²) in [6.45, 7) is 1.54. The number of halogens is 1. The molecule has 0 bridgehead atoms. The third-order valence-electron chi connectivity index (χ3n) is 3.99. The number of thioether (sulfide) groups is 1. The van der Waals surface area contributed by atoms with E-state index in [0.29, 0.717) is 26.5 Å². The van der Waals surface area contributed by atoms with Gasteiger partial charge in [0, 0.05) is 25.3 Å². The molecule has 0 spiro atoms. The lowest BCUT2D eigenvalue weighted by molar-refractivity contribution is -0.113. The summed E-state index contributed by atoms with van der Waals surface area (Å²) in [5.41, 5.74) is 0.491. The number of methoxy groups -OCH3 is 2. The molecule has 1 aromatic heterocycles. The van der Waals surface area contributed by atoms with Crippen LogP contribution >= 0.6 is 34.7 Å². The van der Waals surface area contributed by atoms with Gasteiger partial charge in [-0.25, -0.2) is 0 Å². The zero-order valence-corrected chi connectivity index (χ0v) is 17.9. The second kappa shape index (κ2) is 10.1. The zero-order valence-electron chi connectivity index (χ0n) is 15.5. The van der Waals surface area contributed by atoms with Crippen molar-refractivity contribution in [2.75, 3.05) is 43.8 Å². The number of ether oxygens (including phenoxy) is 3. The van der Waals surface area contributed by atoms with Gasteiger partial charge in [0.2, 0.25) is 11.0 Å². The molecule has 1 atom stereocenters. The largest absolute Gasteiger partial charge is 0.495 e. The average molecular weight is 445 g/mol. The molecule has 3 rings (SSSR count). The number of nitrogens with one attached hydrogen (secondary N) is 2. The van der Waals surface area contributed by atoms with Crippen LogP contribution in [-0.4, -0.2) is 55.3 Å². The Morgan fingerprint density at radius 2 is 2.18 bits per heavy atom. The van der Waals surface area contributed by atoms with E-state index in [4.69, 9.17) is 25.8 Å². The first-order valence-electron chi connectivity index (χ1n) is 8.62. The Balaban J connectivity index is 1.50. The fourth-order valence-electron chi connectivity index (χ4n) is 2.62. The van der Waals surface area contributed by atoms with E-state index in [1.807, 2.05) is 0 Å². The molecule has 2 heterocycles. The number of hydrogen-bond donors (Lipinski definition) is 2. The average Bonchev–Trinajstić information content (AvgIpc) is 3.37. The van der Waals surface area contributed by atoms with Crippen molar-refractivity contribution in [2.45, 2.75) is 23.3 Å². The fraction of sp³-hybridized carbons (Fsp3) is 0.471. The SMILES string of the molecule is COc1cc(NC(=O)CSc2nnc(NCC3CCCO3)s2)c(OC)cc1Cl. The summed E-state index contributed by atoms with van der Waals surface area (Å²) >= 11 is 8.81. The molecular formula is C17H21ClN4O4S2. The molecule has 152 valence electrons. The highest BCUT2D eigenvalue weighted by Crippen LogP contribution is 2.36. The Labute approximate surface area is 176 Å². The number of carbonyl (C=O) groups is 1. The van der Waals surface area contributed by atoms with E-state index in [0.717, 1.165) is 31.1 Å². The first-order valence-corrected chi connectivity index (χ1v) is 10.8. The summed E-state index contributed by atoms with van der Waals surface area (Å²) in [7, 11) is 3.02. The maximum absolute atomic E-state index is 12.3. The molecular weight excluding hydrogens is 424 g/mol. The van der Waals surface area contributed by atoms with Crippen molar-refractivity contribution in [3.63, 3.8) is 0 Å². The number of carbonyl (C=O) groups excluding carboxylic acids is 1. The number of hydrogen-bond acceptors (Lipinski definition) is 9. The van der Waals surface area contributed by atoms with Crippen LogP contribution in [0.5, 0.6) is 11.5 Å². The van der Waals surface area contributed by atoms with Gasteiger partial charge in [0.25, 0.3) is 0 Å². The lowest BCUT2D eigenvalue weighted by Crippen LogP contribution is -2.18. The molecule has 0 radical (unpaired) electrons. The summed E-state index contributed by atoms with van der Waals surface area (Å²) in [6, 6.07) is 3.22. The third-order valence-corrected chi connectivity index (χ3v) is 6.30. The van der Waals surface area contributed by atoms with Crippen LogP contribution < -0.4 is 20.1 Å². The summed E-state index contributed by atoms with van der Waals surface area (Å²) in [4.78, 5) is 12.3. The first-order chi connectivity index (χ1) is 13.6. The van der Waals surface area contributed by atoms with Crippen LogP contribution in [0.3, 0.4) is 0 Å². The molecule has 0 aliphatic carbocycles. The molecule has 1 amide bonds. The standard InChI is InChI=1S/C17H21ClN4O4S2/c1-24-13-7-12(14(25-2)6-11(13)18)20-15(23)9-27-17-22-21-16(28-17)19-8-10-4-3-5-26-10/h6-7,10H,3-5,8-9H2,1-2H3,(H,19,21)(H,20,23). The second-order valence-corrected chi connectivity index (χ2v) is 8.52. The fourth-order valence-corrected chi connectivity index (χ4v) is 4.41. The zero-order chi connectivity index (χ0) is 19.9. The van der Waals surface area contributed by atoms with E-state index >= 15 is 0 Å². The molecule has 1 unspecified atom stereocenters. The minimum Gasteiger partial charge on any atom is -0.495 e. The Bertz CT molecular complexity index is 814. The Kier molecular flexibility index (Phi) is 7.60. The normalized spacial score (nSPS) is 16.0. The minimum absolute atomic E-state index is 0.189. The van der Waals surface area contributed by atoms with Gasteiger partial charge < -0.3 is 24.8 Å². The van der Waals surface area contributed by atoms with E-state index in [-0.39, 0.29) is 17.8 Å². The monoisotopic (exact) mass is 444 g/mol. The summed E-state index contributed by atoms with van der Waals surface area (Å²) in [5.74, 6) is 0.906. The van der Waals surface area contributed by atoms with E-state index in [9.17, 15) is 4.79 Å². The molecule has 11 heteroatoms. The number of rotatable bonds is 9. The lowest BCUT2D eigenvalue weighted by atomic mass is 10.2. The predicted octanol–water partition coefficient (Wildman–Crippen LogP) is 3.53. The number of nitrogens with zero attached hydrogens (tertiary/aromatic N) is 2. The quantitative estimate of drug-likeness (QED) is 0.567. The lowest BCUT2D eigenvalue weighted by Gasteiger charge is -2.12. The second-order valence-electron chi connectivity index (χ2n) is 5.91. The Morgan fingerprint density at radius 1 is 1.36 bits per heavy atom. The molecule has 1 aliphatic heterocycles. The molecule has 1 aromatic carbocycles. The van der Waals surface area contributed by atoms with Gasteiger partial charge in [-0.05, 0) is 12.8 Å². The van der Waals surface area contributed by atoms with Gasteiger partial charge in [-0.1, -0.05) is 34.7 Å². The van der Waals surface area contributed by atoms with Crippen molar-refractivity contribution >= 4 is 51.4 Å². The van der Waals surface area contributed by atoms with Crippen molar-refractivity contribution in [2.24, 2.45) is 0 Å². The number of benzene rings is 1. The summed E-state index contributed by atoms with van der Waals surface area (Å²) in [6.07, 6.45) is 2.40. The van der Waals surface area contributed by atoms with Crippen LogP contribution in [-0.2, 0) is 9.53 Å². The highest BCUT2D eigenvalue weighted by atomic mass is 35.5. The summed E-state index contributed by atoms with van der Waals surface area (Å²) < 4.78 is 16.7. The smallest absolute Gasteiger partial charge is 0.234 e. The first kappa shape index (κ1) is 21.0. The van der Waals surface area contributed by atoms with Gasteiger partial charge in [-0.15, -0.1) is 10.2 Å². The van der Waals surface area contributed by atoms with Crippen LogP contribution in [0.4, 0.5) is 10.8 Å². The number of anilines is 2. The summed E-state index contributed by atoms with van der Waals surface area (Å²) in [5, 5.41) is 15.4. The van der Waals surface area contributed by atoms with E-state index in [1.54, 1.807) is 12.1 Å². The molecule has 2 aromatic rings. The number of amides is 1. The van der Waals surface area contributed by atoms with Gasteiger partial charge in [0.15, 0.2) is 4.34 Å². The van der Waals surface area contributed by atoms with Crippen LogP contribution in [0.25, 0.3) is 0 Å². The minimum atomic E-state index is -0.197. The third kappa shape index (κ3) is 5.63. The molecule has 0 saturated carbocycles. The number of aromatic nitrogens is 2.